The van der Waals surface area contributed by atoms with Gasteiger partial charge in [0.1, 0.15) is 17.7 Å². The maximum Gasteiger partial charge on any atom is 0.228 e. The van der Waals surface area contributed by atoms with Crippen LogP contribution in [0.5, 0.6) is 5.75 Å². The van der Waals surface area contributed by atoms with Gasteiger partial charge in [-0.05, 0) is 55.7 Å². The van der Waals surface area contributed by atoms with Gasteiger partial charge in [0.2, 0.25) is 5.91 Å². The molecule has 1 aromatic carbocycles. The van der Waals surface area contributed by atoms with E-state index >= 15 is 0 Å². The number of hydrogen-bond donors (Lipinski definition) is 2. The number of aromatic nitrogens is 1. The maximum absolute atomic E-state index is 11.8. The van der Waals surface area contributed by atoms with E-state index in [0.29, 0.717) is 5.82 Å². The molecular formula is C18H20N2O3. The average molecular weight is 312 g/mol. The molecule has 1 amide bonds. The highest BCUT2D eigenvalue weighted by molar-refractivity contribution is 5.95. The van der Waals surface area contributed by atoms with E-state index < -0.39 is 0 Å². The standard InChI is InChI=1S/C18H20N2O3/c21-15-2-1-3-16(15)23-14-7-6-12-9-17(19-10-13(12)8-14)20-18(22)11-4-5-11/h6-11,15-16,21H,1-5H2,(H,19,20,22)/t15?,16-/m0/s1. The Hall–Kier alpha value is -2.14. The molecule has 0 saturated heterocycles. The van der Waals surface area contributed by atoms with Crippen LogP contribution >= 0.6 is 0 Å². The van der Waals surface area contributed by atoms with Crippen molar-refractivity contribution in [3.8, 4) is 5.75 Å². The second-order valence-corrected chi connectivity index (χ2v) is 6.50. The molecule has 1 aromatic heterocycles. The molecule has 2 aliphatic carbocycles. The second-order valence-electron chi connectivity index (χ2n) is 6.50. The summed E-state index contributed by atoms with van der Waals surface area (Å²) < 4.78 is 5.88. The smallest absolute Gasteiger partial charge is 0.228 e. The van der Waals surface area contributed by atoms with E-state index in [1.54, 1.807) is 6.20 Å². The average Bonchev–Trinajstić information content (AvgIpc) is 3.32. The Labute approximate surface area is 134 Å². The van der Waals surface area contributed by atoms with Crippen molar-refractivity contribution in [1.82, 2.24) is 4.98 Å². The van der Waals surface area contributed by atoms with Crippen LogP contribution in [-0.2, 0) is 4.79 Å². The zero-order chi connectivity index (χ0) is 15.8. The van der Waals surface area contributed by atoms with Crippen LogP contribution in [0.25, 0.3) is 10.8 Å². The molecular weight excluding hydrogens is 292 g/mol. The first-order valence-electron chi connectivity index (χ1n) is 8.24. The molecule has 5 heteroatoms. The van der Waals surface area contributed by atoms with Crippen LogP contribution in [0.3, 0.4) is 0 Å². The van der Waals surface area contributed by atoms with Crippen LogP contribution in [0.4, 0.5) is 5.82 Å². The fourth-order valence-electron chi connectivity index (χ4n) is 3.05. The maximum atomic E-state index is 11.8. The first-order chi connectivity index (χ1) is 11.2. The van der Waals surface area contributed by atoms with Gasteiger partial charge in [0.25, 0.3) is 0 Å². The third-order valence-electron chi connectivity index (χ3n) is 4.60. The highest BCUT2D eigenvalue weighted by Crippen LogP contribution is 2.31. The normalized spacial score (nSPS) is 23.9. The quantitative estimate of drug-likeness (QED) is 0.910. The number of aliphatic hydroxyl groups is 1. The number of carbonyl (C=O) groups is 1. The molecule has 120 valence electrons. The van der Waals surface area contributed by atoms with E-state index in [2.05, 4.69) is 10.3 Å². The van der Waals surface area contributed by atoms with Gasteiger partial charge in [-0.15, -0.1) is 0 Å². The van der Waals surface area contributed by atoms with E-state index in [0.717, 1.165) is 48.6 Å². The SMILES string of the molecule is O=C(Nc1cc2ccc(O[C@H]3CCCC3O)cc2cn1)C1CC1. The lowest BCUT2D eigenvalue weighted by Crippen LogP contribution is -2.25. The summed E-state index contributed by atoms with van der Waals surface area (Å²) in [6.45, 7) is 0. The van der Waals surface area contributed by atoms with Crippen molar-refractivity contribution >= 4 is 22.5 Å². The molecule has 2 N–H and O–H groups in total. The number of aliphatic hydroxyl groups excluding tert-OH is 1. The summed E-state index contributed by atoms with van der Waals surface area (Å²) >= 11 is 0. The molecule has 23 heavy (non-hydrogen) atoms. The molecule has 2 fully saturated rings. The minimum atomic E-state index is -0.371. The van der Waals surface area contributed by atoms with Crippen LogP contribution in [0, 0.1) is 5.92 Å². The van der Waals surface area contributed by atoms with Gasteiger partial charge in [-0.1, -0.05) is 6.07 Å². The zero-order valence-electron chi connectivity index (χ0n) is 12.9. The summed E-state index contributed by atoms with van der Waals surface area (Å²) in [5, 5.41) is 14.7. The second kappa shape index (κ2) is 5.81. The van der Waals surface area contributed by atoms with Crippen LogP contribution in [0.15, 0.2) is 30.5 Å². The molecule has 2 aliphatic rings. The lowest BCUT2D eigenvalue weighted by atomic mass is 10.1. The van der Waals surface area contributed by atoms with Crippen LogP contribution in [-0.4, -0.2) is 28.2 Å². The minimum absolute atomic E-state index is 0.0621. The topological polar surface area (TPSA) is 71.5 Å². The summed E-state index contributed by atoms with van der Waals surface area (Å²) in [7, 11) is 0. The Morgan fingerprint density at radius 2 is 2.04 bits per heavy atom. The molecule has 0 aliphatic heterocycles. The fraction of sp³-hybridized carbons (Fsp3) is 0.444. The van der Waals surface area contributed by atoms with E-state index in [9.17, 15) is 9.90 Å². The Kier molecular flexibility index (Phi) is 3.65. The Morgan fingerprint density at radius 3 is 2.78 bits per heavy atom. The first-order valence-corrected chi connectivity index (χ1v) is 8.24. The van der Waals surface area contributed by atoms with Crippen LogP contribution in [0.2, 0.25) is 0 Å². The van der Waals surface area contributed by atoms with Gasteiger partial charge in [-0.3, -0.25) is 4.79 Å². The van der Waals surface area contributed by atoms with Gasteiger partial charge in [0.15, 0.2) is 0 Å². The number of pyridine rings is 1. The number of ether oxygens (including phenoxy) is 1. The predicted molar refractivity (Wildman–Crippen MR) is 87.4 cm³/mol. The van der Waals surface area contributed by atoms with Gasteiger partial charge in [-0.2, -0.15) is 0 Å². The number of carbonyl (C=O) groups excluding carboxylic acids is 1. The van der Waals surface area contributed by atoms with Gasteiger partial charge < -0.3 is 15.2 Å². The summed E-state index contributed by atoms with van der Waals surface area (Å²) in [6.07, 6.45) is 5.93. The van der Waals surface area contributed by atoms with Crippen molar-refractivity contribution in [2.45, 2.75) is 44.3 Å². The molecule has 0 bridgehead atoms. The van der Waals surface area contributed by atoms with Crippen molar-refractivity contribution in [2.24, 2.45) is 5.92 Å². The molecule has 5 nitrogen and oxygen atoms in total. The molecule has 0 spiro atoms. The Morgan fingerprint density at radius 1 is 1.17 bits per heavy atom. The number of hydrogen-bond acceptors (Lipinski definition) is 4. The molecule has 2 saturated carbocycles. The van der Waals surface area contributed by atoms with E-state index in [-0.39, 0.29) is 24.0 Å². The summed E-state index contributed by atoms with van der Waals surface area (Å²) in [5.74, 6) is 1.57. The van der Waals surface area contributed by atoms with Crippen LogP contribution in [0.1, 0.15) is 32.1 Å². The zero-order valence-corrected chi connectivity index (χ0v) is 12.9. The summed E-state index contributed by atoms with van der Waals surface area (Å²) in [5.41, 5.74) is 0. The molecule has 2 aromatic rings. The summed E-state index contributed by atoms with van der Waals surface area (Å²) in [4.78, 5) is 16.1. The predicted octanol–water partition coefficient (Wildman–Crippen LogP) is 2.88. The van der Waals surface area contributed by atoms with Crippen molar-refractivity contribution in [3.63, 3.8) is 0 Å². The minimum Gasteiger partial charge on any atom is -0.488 e. The highest BCUT2D eigenvalue weighted by atomic mass is 16.5. The lowest BCUT2D eigenvalue weighted by molar-refractivity contribution is -0.117. The van der Waals surface area contributed by atoms with Gasteiger partial charge in [0.05, 0.1) is 6.10 Å². The van der Waals surface area contributed by atoms with Crippen LogP contribution < -0.4 is 10.1 Å². The molecule has 0 radical (unpaired) electrons. The lowest BCUT2D eigenvalue weighted by Gasteiger charge is -2.17. The van der Waals surface area contributed by atoms with Gasteiger partial charge in [0, 0.05) is 17.5 Å². The highest BCUT2D eigenvalue weighted by Gasteiger charge is 2.30. The Bertz CT molecular complexity index is 742. The first kappa shape index (κ1) is 14.5. The number of benzene rings is 1. The number of amides is 1. The largest absolute Gasteiger partial charge is 0.488 e. The van der Waals surface area contributed by atoms with Gasteiger partial charge in [-0.25, -0.2) is 4.98 Å². The van der Waals surface area contributed by atoms with Crippen molar-refractivity contribution in [3.05, 3.63) is 30.5 Å². The van der Waals surface area contributed by atoms with Gasteiger partial charge >= 0.3 is 0 Å². The van der Waals surface area contributed by atoms with Crippen molar-refractivity contribution in [2.75, 3.05) is 5.32 Å². The fourth-order valence-corrected chi connectivity index (χ4v) is 3.05. The number of rotatable bonds is 4. The third kappa shape index (κ3) is 3.15. The molecule has 2 atom stereocenters. The van der Waals surface area contributed by atoms with E-state index in [4.69, 9.17) is 4.74 Å². The third-order valence-corrected chi connectivity index (χ3v) is 4.60. The van der Waals surface area contributed by atoms with E-state index in [1.165, 1.54) is 0 Å². The van der Waals surface area contributed by atoms with E-state index in [1.807, 2.05) is 24.3 Å². The van der Waals surface area contributed by atoms with Crippen molar-refractivity contribution < 1.29 is 14.6 Å². The molecule has 1 heterocycles. The number of anilines is 1. The number of nitrogens with zero attached hydrogens (tertiary/aromatic N) is 1. The monoisotopic (exact) mass is 312 g/mol. The number of fused-ring (bicyclic) bond motifs is 1. The van der Waals surface area contributed by atoms with Crippen molar-refractivity contribution in [1.29, 1.82) is 0 Å². The number of nitrogens with one attached hydrogen (secondary N) is 1. The summed E-state index contributed by atoms with van der Waals surface area (Å²) in [6, 6.07) is 7.67. The molecule has 4 rings (SSSR count). The Balaban J connectivity index is 1.51. The molecule has 1 unspecified atom stereocenters.